The molecule has 5 nitrogen and oxygen atoms in total. The molecule has 136 valence electrons. The van der Waals surface area contributed by atoms with Crippen molar-refractivity contribution in [2.75, 3.05) is 6.61 Å². The Labute approximate surface area is 158 Å². The predicted molar refractivity (Wildman–Crippen MR) is 105 cm³/mol. The first-order valence-corrected chi connectivity index (χ1v) is 9.21. The average molecular weight is 448 g/mol. The molecule has 1 N–H and O–H groups in total. The van der Waals surface area contributed by atoms with Crippen LogP contribution in [0.15, 0.2) is 12.1 Å². The Morgan fingerprint density at radius 3 is 2.38 bits per heavy atom. The Kier molecular flexibility index (Phi) is 6.90. The van der Waals surface area contributed by atoms with Crippen molar-refractivity contribution in [3.05, 3.63) is 21.5 Å². The number of amides is 1. The molecule has 0 fully saturated rings. The minimum absolute atomic E-state index is 0.211. The van der Waals surface area contributed by atoms with Gasteiger partial charge in [0.15, 0.2) is 0 Å². The van der Waals surface area contributed by atoms with Crippen molar-refractivity contribution in [2.24, 2.45) is 5.92 Å². The molecule has 0 radical (unpaired) electrons. The summed E-state index contributed by atoms with van der Waals surface area (Å²) < 4.78 is 6.83. The van der Waals surface area contributed by atoms with Crippen LogP contribution in [-0.4, -0.2) is 38.8 Å². The van der Waals surface area contributed by atoms with Gasteiger partial charge in [-0.2, -0.15) is 0 Å². The molecule has 0 saturated heterocycles. The Morgan fingerprint density at radius 2 is 1.92 bits per heavy atom. The second-order valence-electron chi connectivity index (χ2n) is 7.94. The van der Waals surface area contributed by atoms with Crippen molar-refractivity contribution in [3.8, 4) is 5.75 Å². The lowest BCUT2D eigenvalue weighted by molar-refractivity contribution is 0.0187. The van der Waals surface area contributed by atoms with Crippen LogP contribution in [0.2, 0.25) is 0 Å². The molecule has 6 heteroatoms. The van der Waals surface area contributed by atoms with Crippen LogP contribution in [0, 0.1) is 16.5 Å². The third-order valence-electron chi connectivity index (χ3n) is 3.84. The maximum Gasteiger partial charge on any atom is 0.408 e. The van der Waals surface area contributed by atoms with E-state index in [1.165, 1.54) is 4.90 Å². The SMILES string of the molecule is Cc1nc(I)ccc1OC[C@@H](C)CC(C)(C)N(C(=O)O)C(C)(C)C. The number of pyridine rings is 1. The van der Waals surface area contributed by atoms with Crippen LogP contribution in [0.25, 0.3) is 0 Å². The second kappa shape index (κ2) is 7.89. The Morgan fingerprint density at radius 1 is 1.33 bits per heavy atom. The zero-order chi connectivity index (χ0) is 18.7. The Bertz CT molecular complexity index is 582. The van der Waals surface area contributed by atoms with Crippen molar-refractivity contribution in [2.45, 2.75) is 66.0 Å². The number of rotatable bonds is 6. The van der Waals surface area contributed by atoms with Gasteiger partial charge in [0.25, 0.3) is 0 Å². The molecule has 0 bridgehead atoms. The average Bonchev–Trinajstić information content (AvgIpc) is 2.33. The number of hydrogen-bond acceptors (Lipinski definition) is 3. The first kappa shape index (κ1) is 21.0. The monoisotopic (exact) mass is 448 g/mol. The maximum atomic E-state index is 11.7. The van der Waals surface area contributed by atoms with Crippen LogP contribution in [0.5, 0.6) is 5.75 Å². The topological polar surface area (TPSA) is 62.7 Å². The minimum Gasteiger partial charge on any atom is -0.491 e. The molecule has 1 aromatic heterocycles. The summed E-state index contributed by atoms with van der Waals surface area (Å²) in [5, 5.41) is 9.61. The second-order valence-corrected chi connectivity index (χ2v) is 9.04. The molecule has 1 rings (SSSR count). The molecule has 0 unspecified atom stereocenters. The number of carboxylic acid groups (broad SMARTS) is 1. The molecule has 0 aliphatic carbocycles. The number of aryl methyl sites for hydroxylation is 1. The number of hydrogen-bond donors (Lipinski definition) is 1. The summed E-state index contributed by atoms with van der Waals surface area (Å²) >= 11 is 2.17. The molecule has 0 aliphatic rings. The van der Waals surface area contributed by atoms with Crippen LogP contribution in [-0.2, 0) is 0 Å². The number of halogens is 1. The van der Waals surface area contributed by atoms with Crippen molar-refractivity contribution < 1.29 is 14.6 Å². The summed E-state index contributed by atoms with van der Waals surface area (Å²) in [6.07, 6.45) is -0.175. The van der Waals surface area contributed by atoms with E-state index in [0.717, 1.165) is 15.1 Å². The van der Waals surface area contributed by atoms with Crippen LogP contribution in [0.3, 0.4) is 0 Å². The standard InChI is InChI=1S/C18H29IN2O3/c1-12(11-24-14-8-9-15(19)20-13(14)2)10-18(6,7)21(16(22)23)17(3,4)5/h8-9,12H,10-11H2,1-7H3,(H,22,23)/t12-/m0/s1. The highest BCUT2D eigenvalue weighted by molar-refractivity contribution is 14.1. The van der Waals surface area contributed by atoms with Crippen molar-refractivity contribution in [1.29, 1.82) is 0 Å². The summed E-state index contributed by atoms with van der Waals surface area (Å²) in [7, 11) is 0. The molecular formula is C18H29IN2O3. The normalized spacial score (nSPS) is 13.5. The van der Waals surface area contributed by atoms with Gasteiger partial charge in [-0.1, -0.05) is 6.92 Å². The van der Waals surface area contributed by atoms with E-state index in [1.807, 2.05) is 53.7 Å². The summed E-state index contributed by atoms with van der Waals surface area (Å²) in [5.74, 6) is 0.994. The molecule has 1 amide bonds. The van der Waals surface area contributed by atoms with E-state index in [4.69, 9.17) is 4.74 Å². The first-order chi connectivity index (χ1) is 10.8. The lowest BCUT2D eigenvalue weighted by Gasteiger charge is -2.46. The van der Waals surface area contributed by atoms with Crippen LogP contribution in [0.4, 0.5) is 4.79 Å². The van der Waals surface area contributed by atoms with Gasteiger partial charge in [-0.05, 0) is 88.6 Å². The van der Waals surface area contributed by atoms with Crippen LogP contribution < -0.4 is 4.74 Å². The number of aromatic nitrogens is 1. The molecule has 0 saturated carbocycles. The fourth-order valence-electron chi connectivity index (χ4n) is 3.36. The number of nitrogens with zero attached hydrogens (tertiary/aromatic N) is 2. The quantitative estimate of drug-likeness (QED) is 0.494. The van der Waals surface area contributed by atoms with E-state index >= 15 is 0 Å². The zero-order valence-corrected chi connectivity index (χ0v) is 17.8. The van der Waals surface area contributed by atoms with Crippen LogP contribution >= 0.6 is 22.6 Å². The van der Waals surface area contributed by atoms with Gasteiger partial charge in [0, 0.05) is 11.1 Å². The third kappa shape index (κ3) is 5.79. The highest BCUT2D eigenvalue weighted by Gasteiger charge is 2.39. The van der Waals surface area contributed by atoms with Gasteiger partial charge in [-0.25, -0.2) is 9.78 Å². The van der Waals surface area contributed by atoms with E-state index in [1.54, 1.807) is 0 Å². The first-order valence-electron chi connectivity index (χ1n) is 8.14. The zero-order valence-electron chi connectivity index (χ0n) is 15.7. The molecule has 1 atom stereocenters. The van der Waals surface area contributed by atoms with Gasteiger partial charge in [0.2, 0.25) is 0 Å². The van der Waals surface area contributed by atoms with E-state index in [9.17, 15) is 9.90 Å². The summed E-state index contributed by atoms with van der Waals surface area (Å²) in [6.45, 7) is 14.3. The minimum atomic E-state index is -0.890. The molecule has 0 spiro atoms. The molecular weight excluding hydrogens is 419 g/mol. The summed E-state index contributed by atoms with van der Waals surface area (Å²) in [5.41, 5.74) is -0.0612. The predicted octanol–water partition coefficient (Wildman–Crippen LogP) is 4.96. The summed E-state index contributed by atoms with van der Waals surface area (Å²) in [4.78, 5) is 17.6. The van der Waals surface area contributed by atoms with Crippen LogP contribution in [0.1, 0.15) is 53.7 Å². The van der Waals surface area contributed by atoms with Gasteiger partial charge in [-0.3, -0.25) is 4.90 Å². The van der Waals surface area contributed by atoms with Gasteiger partial charge < -0.3 is 9.84 Å². The van der Waals surface area contributed by atoms with Gasteiger partial charge in [-0.15, -0.1) is 0 Å². The fraction of sp³-hybridized carbons (Fsp3) is 0.667. The number of carbonyl (C=O) groups is 1. The molecule has 1 aromatic rings. The Balaban J connectivity index is 2.74. The molecule has 0 aliphatic heterocycles. The largest absolute Gasteiger partial charge is 0.491 e. The highest BCUT2D eigenvalue weighted by Crippen LogP contribution is 2.31. The van der Waals surface area contributed by atoms with E-state index in [2.05, 4.69) is 34.5 Å². The fourth-order valence-corrected chi connectivity index (χ4v) is 3.90. The number of ether oxygens (including phenoxy) is 1. The molecule has 24 heavy (non-hydrogen) atoms. The van der Waals surface area contributed by atoms with Gasteiger partial charge in [0.1, 0.15) is 9.45 Å². The smallest absolute Gasteiger partial charge is 0.408 e. The molecule has 0 aromatic carbocycles. The lowest BCUT2D eigenvalue weighted by atomic mass is 9.87. The van der Waals surface area contributed by atoms with E-state index < -0.39 is 17.2 Å². The molecule has 1 heterocycles. The van der Waals surface area contributed by atoms with Crippen molar-refractivity contribution in [1.82, 2.24) is 9.88 Å². The summed E-state index contributed by atoms with van der Waals surface area (Å²) in [6, 6.07) is 3.85. The van der Waals surface area contributed by atoms with Crippen molar-refractivity contribution >= 4 is 28.7 Å². The van der Waals surface area contributed by atoms with Gasteiger partial charge in [0.05, 0.1) is 12.3 Å². The maximum absolute atomic E-state index is 11.7. The Hall–Kier alpha value is -1.05. The lowest BCUT2D eigenvalue weighted by Crippen LogP contribution is -2.57. The van der Waals surface area contributed by atoms with Gasteiger partial charge >= 0.3 is 6.09 Å². The van der Waals surface area contributed by atoms with E-state index in [0.29, 0.717) is 13.0 Å². The third-order valence-corrected chi connectivity index (χ3v) is 4.44. The highest BCUT2D eigenvalue weighted by atomic mass is 127. The van der Waals surface area contributed by atoms with Crippen molar-refractivity contribution in [3.63, 3.8) is 0 Å². The van der Waals surface area contributed by atoms with E-state index in [-0.39, 0.29) is 5.92 Å².